The topological polar surface area (TPSA) is 47.6 Å². The van der Waals surface area contributed by atoms with Gasteiger partial charge in [0.05, 0.1) is 25.0 Å². The van der Waals surface area contributed by atoms with Crippen molar-refractivity contribution in [3.05, 3.63) is 0 Å². The van der Waals surface area contributed by atoms with Crippen LogP contribution in [0.3, 0.4) is 0 Å². The maximum atomic E-state index is 11.8. The molecular weight excluding hydrogens is 226 g/mol. The Kier molecular flexibility index (Phi) is 3.59. The summed E-state index contributed by atoms with van der Waals surface area (Å²) < 4.78 is 71.0. The van der Waals surface area contributed by atoms with Crippen molar-refractivity contribution >= 4 is 0 Å². The van der Waals surface area contributed by atoms with E-state index >= 15 is 0 Å². The summed E-state index contributed by atoms with van der Waals surface area (Å²) in [7, 11) is 0. The summed E-state index contributed by atoms with van der Waals surface area (Å²) in [6.45, 7) is 0. The van der Waals surface area contributed by atoms with Gasteiger partial charge in [-0.15, -0.1) is 0 Å². The van der Waals surface area contributed by atoms with Crippen molar-refractivity contribution in [1.29, 1.82) is 10.5 Å². The zero-order chi connectivity index (χ0) is 12.3. The lowest BCUT2D eigenvalue weighted by molar-refractivity contribution is -0.176. The largest absolute Gasteiger partial charge is 0.391 e. The Morgan fingerprint density at radius 2 is 1.00 bits per heavy atom. The Hall–Kier alpha value is -1.44. The van der Waals surface area contributed by atoms with Crippen molar-refractivity contribution in [3.8, 4) is 12.1 Å². The van der Waals surface area contributed by atoms with E-state index in [9.17, 15) is 26.3 Å². The summed E-state index contributed by atoms with van der Waals surface area (Å²) in [5.41, 5.74) is -3.09. The highest BCUT2D eigenvalue weighted by Gasteiger charge is 2.50. The van der Waals surface area contributed by atoms with Gasteiger partial charge in [-0.05, 0) is 0 Å². The van der Waals surface area contributed by atoms with Crippen molar-refractivity contribution in [2.24, 2.45) is 5.41 Å². The smallest absolute Gasteiger partial charge is 0.197 e. The van der Waals surface area contributed by atoms with Crippen LogP contribution in [0.4, 0.5) is 26.3 Å². The molecule has 0 aromatic heterocycles. The number of nitriles is 2. The molecule has 0 aliphatic carbocycles. The molecule has 0 aliphatic heterocycles. The quantitative estimate of drug-likeness (QED) is 0.684. The first-order valence-electron chi connectivity index (χ1n) is 3.50. The molecule has 0 aliphatic rings. The number of halogens is 6. The number of hydrogen-bond acceptors (Lipinski definition) is 2. The summed E-state index contributed by atoms with van der Waals surface area (Å²) in [5, 5.41) is 16.5. The Labute approximate surface area is 80.7 Å². The molecule has 0 amide bonds. The standard InChI is InChI=1S/C7H4F6N2/c8-6(9,10)1-5(3-14,4-15)2-7(11,12)13/h1-2H2. The predicted molar refractivity (Wildman–Crippen MR) is 35.0 cm³/mol. The minimum Gasteiger partial charge on any atom is -0.197 e. The van der Waals surface area contributed by atoms with Gasteiger partial charge in [-0.1, -0.05) is 0 Å². The fourth-order valence-electron chi connectivity index (χ4n) is 0.930. The molecule has 0 aromatic rings. The molecule has 84 valence electrons. The van der Waals surface area contributed by atoms with Crippen molar-refractivity contribution in [3.63, 3.8) is 0 Å². The lowest BCUT2D eigenvalue weighted by atomic mass is 9.84. The Morgan fingerprint density at radius 3 is 1.13 bits per heavy atom. The zero-order valence-electron chi connectivity index (χ0n) is 7.08. The van der Waals surface area contributed by atoms with Gasteiger partial charge in [0.25, 0.3) is 0 Å². The van der Waals surface area contributed by atoms with Crippen LogP contribution in [0.15, 0.2) is 0 Å². The molecule has 0 heterocycles. The number of rotatable bonds is 2. The molecule has 0 N–H and O–H groups in total. The molecule has 15 heavy (non-hydrogen) atoms. The Morgan fingerprint density at radius 1 is 0.733 bits per heavy atom. The van der Waals surface area contributed by atoms with Gasteiger partial charge in [0.15, 0.2) is 5.41 Å². The monoisotopic (exact) mass is 230 g/mol. The van der Waals surface area contributed by atoms with Crippen LogP contribution >= 0.6 is 0 Å². The third-order valence-corrected chi connectivity index (χ3v) is 1.43. The van der Waals surface area contributed by atoms with Crippen molar-refractivity contribution in [2.45, 2.75) is 25.2 Å². The van der Waals surface area contributed by atoms with E-state index in [-0.39, 0.29) is 0 Å². The second-order valence-corrected chi connectivity index (χ2v) is 2.89. The molecule has 0 unspecified atom stereocenters. The van der Waals surface area contributed by atoms with E-state index in [0.717, 1.165) is 12.1 Å². The predicted octanol–water partition coefficient (Wildman–Crippen LogP) is 2.92. The van der Waals surface area contributed by atoms with Crippen LogP contribution < -0.4 is 0 Å². The summed E-state index contributed by atoms with van der Waals surface area (Å²) in [6.07, 6.45) is -14.2. The first-order valence-corrected chi connectivity index (χ1v) is 3.50. The van der Waals surface area contributed by atoms with Gasteiger partial charge in [-0.3, -0.25) is 0 Å². The highest BCUT2D eigenvalue weighted by molar-refractivity contribution is 5.15. The Balaban J connectivity index is 4.96. The van der Waals surface area contributed by atoms with Crippen LogP contribution in [0.1, 0.15) is 12.8 Å². The third kappa shape index (κ3) is 5.11. The molecule has 0 atom stereocenters. The van der Waals surface area contributed by atoms with Crippen LogP contribution in [-0.4, -0.2) is 12.4 Å². The highest BCUT2D eigenvalue weighted by Crippen LogP contribution is 2.40. The fourth-order valence-corrected chi connectivity index (χ4v) is 0.930. The van der Waals surface area contributed by atoms with Crippen LogP contribution in [0.2, 0.25) is 0 Å². The van der Waals surface area contributed by atoms with E-state index in [4.69, 9.17) is 10.5 Å². The van der Waals surface area contributed by atoms with Gasteiger partial charge in [0, 0.05) is 0 Å². The molecule has 0 bridgehead atoms. The summed E-state index contributed by atoms with van der Waals surface area (Å²) in [6, 6.07) is 1.55. The van der Waals surface area contributed by atoms with Gasteiger partial charge in [0.2, 0.25) is 0 Å². The molecule has 0 saturated carbocycles. The second-order valence-electron chi connectivity index (χ2n) is 2.89. The SMILES string of the molecule is N#CC(C#N)(CC(F)(F)F)CC(F)(F)F. The number of alkyl halides is 6. The molecule has 0 fully saturated rings. The van der Waals surface area contributed by atoms with Gasteiger partial charge in [0.1, 0.15) is 0 Å². The molecule has 0 rings (SSSR count). The van der Waals surface area contributed by atoms with Crippen LogP contribution in [0.25, 0.3) is 0 Å². The average Bonchev–Trinajstić information content (AvgIpc) is 1.98. The molecule has 8 heteroatoms. The van der Waals surface area contributed by atoms with Crippen molar-refractivity contribution in [2.75, 3.05) is 0 Å². The van der Waals surface area contributed by atoms with Gasteiger partial charge >= 0.3 is 12.4 Å². The van der Waals surface area contributed by atoms with Crippen LogP contribution in [0.5, 0.6) is 0 Å². The molecule has 0 radical (unpaired) electrons. The van der Waals surface area contributed by atoms with Gasteiger partial charge in [-0.2, -0.15) is 36.9 Å². The maximum Gasteiger partial charge on any atom is 0.391 e. The lowest BCUT2D eigenvalue weighted by Gasteiger charge is -2.21. The average molecular weight is 230 g/mol. The van der Waals surface area contributed by atoms with E-state index in [1.807, 2.05) is 0 Å². The third-order valence-electron chi connectivity index (χ3n) is 1.43. The molecular formula is C7H4F6N2. The van der Waals surface area contributed by atoms with Crippen molar-refractivity contribution in [1.82, 2.24) is 0 Å². The molecule has 2 nitrogen and oxygen atoms in total. The van der Waals surface area contributed by atoms with Gasteiger partial charge < -0.3 is 0 Å². The first kappa shape index (κ1) is 13.6. The van der Waals surface area contributed by atoms with Gasteiger partial charge in [-0.25, -0.2) is 0 Å². The minimum absolute atomic E-state index is 0.777. The summed E-state index contributed by atoms with van der Waals surface area (Å²) >= 11 is 0. The first-order chi connectivity index (χ1) is 6.54. The minimum atomic E-state index is -4.99. The van der Waals surface area contributed by atoms with Crippen molar-refractivity contribution < 1.29 is 26.3 Å². The van der Waals surface area contributed by atoms with Crippen LogP contribution in [-0.2, 0) is 0 Å². The zero-order valence-corrected chi connectivity index (χ0v) is 7.08. The number of hydrogen-bond donors (Lipinski definition) is 0. The maximum absolute atomic E-state index is 11.8. The van der Waals surface area contributed by atoms with E-state index in [2.05, 4.69) is 0 Å². The van der Waals surface area contributed by atoms with E-state index in [1.54, 1.807) is 0 Å². The Bertz CT molecular complexity index is 269. The van der Waals surface area contributed by atoms with E-state index in [0.29, 0.717) is 0 Å². The lowest BCUT2D eigenvalue weighted by Crippen LogP contribution is -2.30. The number of nitrogens with zero attached hydrogens (tertiary/aromatic N) is 2. The highest BCUT2D eigenvalue weighted by atomic mass is 19.4. The summed E-state index contributed by atoms with van der Waals surface area (Å²) in [5.74, 6) is 0. The molecule has 0 spiro atoms. The molecule has 0 saturated heterocycles. The molecule has 0 aromatic carbocycles. The normalized spacial score (nSPS) is 13.1. The van der Waals surface area contributed by atoms with E-state index in [1.165, 1.54) is 0 Å². The van der Waals surface area contributed by atoms with Crippen LogP contribution in [0, 0.1) is 28.1 Å². The van der Waals surface area contributed by atoms with E-state index < -0.39 is 30.6 Å². The second kappa shape index (κ2) is 3.97. The fraction of sp³-hybridized carbons (Fsp3) is 0.714. The summed E-state index contributed by atoms with van der Waals surface area (Å²) in [4.78, 5) is 0.